The molecule has 0 bridgehead atoms. The first-order valence-electron chi connectivity index (χ1n) is 7.20. The van der Waals surface area contributed by atoms with Crippen molar-refractivity contribution < 1.29 is 0 Å². The lowest BCUT2D eigenvalue weighted by atomic mass is 9.97. The van der Waals surface area contributed by atoms with E-state index in [9.17, 15) is 0 Å². The number of hydrogen-bond donors (Lipinski definition) is 1. The molecule has 1 aromatic heterocycles. The third-order valence-electron chi connectivity index (χ3n) is 4.25. The molecule has 0 aromatic carbocycles. The molecule has 1 aromatic rings. The first kappa shape index (κ1) is 12.1. The molecule has 2 aliphatic rings. The average Bonchev–Trinajstić information content (AvgIpc) is 2.84. The van der Waals surface area contributed by atoms with Crippen molar-refractivity contribution >= 4 is 0 Å². The maximum Gasteiger partial charge on any atom is 0.155 e. The monoisotopic (exact) mass is 249 g/mol. The van der Waals surface area contributed by atoms with E-state index in [-0.39, 0.29) is 6.04 Å². The number of piperidine rings is 1. The first-order valence-corrected chi connectivity index (χ1v) is 7.20. The van der Waals surface area contributed by atoms with Crippen molar-refractivity contribution in [3.8, 4) is 0 Å². The zero-order valence-corrected chi connectivity index (χ0v) is 11.2. The second-order valence-electron chi connectivity index (χ2n) is 5.53. The summed E-state index contributed by atoms with van der Waals surface area (Å²) in [5, 5.41) is 4.69. The van der Waals surface area contributed by atoms with Gasteiger partial charge in [0.1, 0.15) is 5.82 Å². The third-order valence-corrected chi connectivity index (χ3v) is 4.25. The molecule has 5 nitrogen and oxygen atoms in total. The highest BCUT2D eigenvalue weighted by Gasteiger charge is 2.27. The van der Waals surface area contributed by atoms with E-state index in [2.05, 4.69) is 11.8 Å². The molecular weight excluding hydrogens is 226 g/mol. The van der Waals surface area contributed by atoms with Gasteiger partial charge in [-0.15, -0.1) is 0 Å². The normalized spacial score (nSPS) is 29.2. The fourth-order valence-corrected chi connectivity index (χ4v) is 3.13. The second kappa shape index (κ2) is 4.97. The van der Waals surface area contributed by atoms with Crippen LogP contribution in [0.3, 0.4) is 0 Å². The minimum absolute atomic E-state index is 0.0888. The molecule has 2 N–H and O–H groups in total. The van der Waals surface area contributed by atoms with Gasteiger partial charge in [-0.2, -0.15) is 5.10 Å². The van der Waals surface area contributed by atoms with Gasteiger partial charge in [0.05, 0.1) is 6.04 Å². The van der Waals surface area contributed by atoms with Crippen molar-refractivity contribution in [2.24, 2.45) is 5.73 Å². The molecule has 1 saturated heterocycles. The number of likely N-dealkylation sites (N-methyl/N-ethyl adjacent to an activating group) is 1. The van der Waals surface area contributed by atoms with Crippen molar-refractivity contribution in [1.29, 1.82) is 0 Å². The van der Waals surface area contributed by atoms with Gasteiger partial charge in [-0.05, 0) is 38.8 Å². The molecular formula is C13H23N5. The van der Waals surface area contributed by atoms with Gasteiger partial charge in [-0.25, -0.2) is 9.67 Å². The molecule has 3 heterocycles. The van der Waals surface area contributed by atoms with Crippen molar-refractivity contribution in [3.05, 3.63) is 11.6 Å². The Hall–Kier alpha value is -0.940. The van der Waals surface area contributed by atoms with Crippen molar-refractivity contribution in [1.82, 2.24) is 19.7 Å². The van der Waals surface area contributed by atoms with E-state index in [0.717, 1.165) is 44.1 Å². The van der Waals surface area contributed by atoms with Gasteiger partial charge in [0.2, 0.25) is 0 Å². The van der Waals surface area contributed by atoms with E-state index in [0.29, 0.717) is 5.92 Å². The summed E-state index contributed by atoms with van der Waals surface area (Å²) in [6.07, 6.45) is 4.65. The Labute approximate surface area is 108 Å². The van der Waals surface area contributed by atoms with E-state index in [4.69, 9.17) is 15.8 Å². The Morgan fingerprint density at radius 2 is 2.11 bits per heavy atom. The zero-order valence-electron chi connectivity index (χ0n) is 11.2. The summed E-state index contributed by atoms with van der Waals surface area (Å²) in [5.41, 5.74) is 6.11. The summed E-state index contributed by atoms with van der Waals surface area (Å²) in [4.78, 5) is 7.22. The number of likely N-dealkylation sites (tertiary alicyclic amines) is 1. The maximum absolute atomic E-state index is 6.11. The predicted octanol–water partition coefficient (Wildman–Crippen LogP) is 1.27. The molecule has 3 rings (SSSR count). The van der Waals surface area contributed by atoms with Crippen LogP contribution in [0.2, 0.25) is 0 Å². The van der Waals surface area contributed by atoms with E-state index >= 15 is 0 Å². The number of aromatic nitrogens is 3. The zero-order chi connectivity index (χ0) is 12.5. The lowest BCUT2D eigenvalue weighted by Gasteiger charge is -2.30. The van der Waals surface area contributed by atoms with Gasteiger partial charge < -0.3 is 10.6 Å². The van der Waals surface area contributed by atoms with E-state index < -0.39 is 0 Å². The van der Waals surface area contributed by atoms with E-state index in [1.165, 1.54) is 19.4 Å². The number of rotatable bonds is 2. The number of nitrogens with two attached hydrogens (primary N) is 1. The average molecular weight is 249 g/mol. The highest BCUT2D eigenvalue weighted by atomic mass is 15.4. The van der Waals surface area contributed by atoms with Crippen LogP contribution in [0.15, 0.2) is 0 Å². The van der Waals surface area contributed by atoms with Crippen LogP contribution in [0.1, 0.15) is 56.2 Å². The fourth-order valence-electron chi connectivity index (χ4n) is 3.13. The lowest BCUT2D eigenvalue weighted by Crippen LogP contribution is -2.34. The number of aryl methyl sites for hydroxylation is 1. The van der Waals surface area contributed by atoms with Crippen LogP contribution in [0, 0.1) is 0 Å². The Morgan fingerprint density at radius 1 is 1.28 bits per heavy atom. The van der Waals surface area contributed by atoms with Gasteiger partial charge in [0.25, 0.3) is 0 Å². The molecule has 2 unspecified atom stereocenters. The summed E-state index contributed by atoms with van der Waals surface area (Å²) >= 11 is 0. The molecule has 1 fully saturated rings. The Bertz CT molecular complexity index is 414. The molecule has 0 amide bonds. The van der Waals surface area contributed by atoms with Gasteiger partial charge in [0, 0.05) is 19.0 Å². The molecule has 0 aliphatic carbocycles. The standard InChI is InChI=1S/C13H23N5/c1-2-17-7-3-5-10(9-17)12-15-13-11(14)6-4-8-18(13)16-12/h10-11H,2-9,14H2,1H3. The van der Waals surface area contributed by atoms with Gasteiger partial charge in [-0.3, -0.25) is 0 Å². The largest absolute Gasteiger partial charge is 0.321 e. The van der Waals surface area contributed by atoms with Gasteiger partial charge >= 0.3 is 0 Å². The maximum atomic E-state index is 6.11. The van der Waals surface area contributed by atoms with Crippen LogP contribution in [-0.4, -0.2) is 39.3 Å². The molecule has 100 valence electrons. The Balaban J connectivity index is 1.80. The molecule has 0 radical (unpaired) electrons. The molecule has 2 aliphatic heterocycles. The lowest BCUT2D eigenvalue weighted by molar-refractivity contribution is 0.213. The summed E-state index contributed by atoms with van der Waals surface area (Å²) in [6, 6.07) is 0.0888. The van der Waals surface area contributed by atoms with Crippen molar-refractivity contribution in [2.75, 3.05) is 19.6 Å². The topological polar surface area (TPSA) is 60.0 Å². The van der Waals surface area contributed by atoms with Crippen molar-refractivity contribution in [2.45, 2.75) is 51.1 Å². The summed E-state index contributed by atoms with van der Waals surface area (Å²) in [6.45, 7) is 6.67. The third kappa shape index (κ3) is 2.17. The first-order chi connectivity index (χ1) is 8.78. The van der Waals surface area contributed by atoms with Crippen LogP contribution >= 0.6 is 0 Å². The number of hydrogen-bond acceptors (Lipinski definition) is 4. The van der Waals surface area contributed by atoms with Crippen LogP contribution < -0.4 is 5.73 Å². The molecule has 0 spiro atoms. The smallest absolute Gasteiger partial charge is 0.155 e. The molecule has 5 heteroatoms. The highest BCUT2D eigenvalue weighted by Crippen LogP contribution is 2.27. The fraction of sp³-hybridized carbons (Fsp3) is 0.846. The summed E-state index contributed by atoms with van der Waals surface area (Å²) < 4.78 is 2.04. The van der Waals surface area contributed by atoms with Crippen molar-refractivity contribution in [3.63, 3.8) is 0 Å². The Morgan fingerprint density at radius 3 is 2.89 bits per heavy atom. The Kier molecular flexibility index (Phi) is 3.35. The predicted molar refractivity (Wildman–Crippen MR) is 70.3 cm³/mol. The van der Waals surface area contributed by atoms with Crippen LogP contribution in [0.4, 0.5) is 0 Å². The molecule has 2 atom stereocenters. The number of nitrogens with zero attached hydrogens (tertiary/aromatic N) is 4. The number of fused-ring (bicyclic) bond motifs is 1. The van der Waals surface area contributed by atoms with Crippen LogP contribution in [0.5, 0.6) is 0 Å². The van der Waals surface area contributed by atoms with Gasteiger partial charge in [0.15, 0.2) is 5.82 Å². The second-order valence-corrected chi connectivity index (χ2v) is 5.53. The minimum atomic E-state index is 0.0888. The van der Waals surface area contributed by atoms with E-state index in [1.54, 1.807) is 0 Å². The van der Waals surface area contributed by atoms with Crippen LogP contribution in [-0.2, 0) is 6.54 Å². The van der Waals surface area contributed by atoms with Crippen LogP contribution in [0.25, 0.3) is 0 Å². The van der Waals surface area contributed by atoms with E-state index in [1.807, 2.05) is 4.68 Å². The molecule has 18 heavy (non-hydrogen) atoms. The summed E-state index contributed by atoms with van der Waals surface area (Å²) in [5.74, 6) is 2.54. The molecule has 0 saturated carbocycles. The highest BCUT2D eigenvalue weighted by molar-refractivity contribution is 5.06. The quantitative estimate of drug-likeness (QED) is 0.857. The minimum Gasteiger partial charge on any atom is -0.321 e. The SMILES string of the molecule is CCN1CCCC(c2nc3n(n2)CCCC3N)C1. The van der Waals surface area contributed by atoms with Gasteiger partial charge in [-0.1, -0.05) is 6.92 Å². The summed E-state index contributed by atoms with van der Waals surface area (Å²) in [7, 11) is 0.